The second-order valence-corrected chi connectivity index (χ2v) is 6.13. The van der Waals surface area contributed by atoms with Gasteiger partial charge in [-0.3, -0.25) is 0 Å². The van der Waals surface area contributed by atoms with Gasteiger partial charge in [-0.1, -0.05) is 23.2 Å². The number of rotatable bonds is 1. The second-order valence-electron chi connectivity index (χ2n) is 5.34. The molecule has 0 aliphatic carbocycles. The van der Waals surface area contributed by atoms with E-state index in [0.717, 1.165) is 5.56 Å². The molecule has 0 aliphatic heterocycles. The van der Waals surface area contributed by atoms with Crippen molar-refractivity contribution in [2.75, 3.05) is 0 Å². The van der Waals surface area contributed by atoms with Gasteiger partial charge < -0.3 is 9.15 Å². The number of aryl methyl sites for hydroxylation is 1. The van der Waals surface area contributed by atoms with Crippen molar-refractivity contribution in [3.8, 4) is 5.75 Å². The normalized spacial score (nSPS) is 11.9. The lowest BCUT2D eigenvalue weighted by atomic mass is 10.1. The van der Waals surface area contributed by atoms with Crippen LogP contribution in [0, 0.1) is 6.92 Å². The Kier molecular flexibility index (Phi) is 3.54. The number of fused-ring (bicyclic) bond motifs is 1. The summed E-state index contributed by atoms with van der Waals surface area (Å²) in [4.78, 5) is 11.4. The molecule has 1 aromatic heterocycles. The third-order valence-electron chi connectivity index (χ3n) is 2.50. The van der Waals surface area contributed by atoms with E-state index >= 15 is 0 Å². The van der Waals surface area contributed by atoms with E-state index in [9.17, 15) is 4.79 Å². The van der Waals surface area contributed by atoms with Gasteiger partial charge in [0, 0.05) is 11.5 Å². The molecule has 0 spiro atoms. The third kappa shape index (κ3) is 2.88. The van der Waals surface area contributed by atoms with Gasteiger partial charge in [0.05, 0.1) is 5.02 Å². The molecule has 0 aliphatic rings. The molecule has 5 heteroatoms. The lowest BCUT2D eigenvalue weighted by molar-refractivity contribution is 0.131. The lowest BCUT2D eigenvalue weighted by Crippen LogP contribution is -2.23. The van der Waals surface area contributed by atoms with E-state index in [1.54, 1.807) is 13.0 Å². The molecule has 0 unspecified atom stereocenters. The van der Waals surface area contributed by atoms with Crippen molar-refractivity contribution >= 4 is 34.2 Å². The van der Waals surface area contributed by atoms with Crippen molar-refractivity contribution < 1.29 is 9.15 Å². The van der Waals surface area contributed by atoms with Crippen LogP contribution in [0.1, 0.15) is 26.3 Å². The predicted molar refractivity (Wildman–Crippen MR) is 77.6 cm³/mol. The van der Waals surface area contributed by atoms with Gasteiger partial charge in [0.2, 0.25) is 0 Å². The fraction of sp³-hybridized carbons (Fsp3) is 0.357. The Labute approximate surface area is 121 Å². The van der Waals surface area contributed by atoms with Crippen molar-refractivity contribution in [2.45, 2.75) is 33.3 Å². The number of hydrogen-bond acceptors (Lipinski definition) is 3. The molecule has 1 aromatic carbocycles. The molecular formula is C14H14Cl2O3. The average Bonchev–Trinajstić information content (AvgIpc) is 2.25. The number of hydrogen-bond donors (Lipinski definition) is 0. The van der Waals surface area contributed by atoms with Gasteiger partial charge in [-0.25, -0.2) is 4.79 Å². The molecule has 2 aromatic rings. The molecule has 19 heavy (non-hydrogen) atoms. The SMILES string of the molecule is Cc1cc(=O)oc2c(Cl)c(OC(C)(C)C)c(Cl)cc12. The van der Waals surface area contributed by atoms with Gasteiger partial charge in [0.1, 0.15) is 10.6 Å². The molecule has 0 saturated carbocycles. The van der Waals surface area contributed by atoms with E-state index in [-0.39, 0.29) is 5.02 Å². The van der Waals surface area contributed by atoms with Crippen LogP contribution >= 0.6 is 23.2 Å². The molecule has 0 amide bonds. The Morgan fingerprint density at radius 2 is 1.84 bits per heavy atom. The van der Waals surface area contributed by atoms with E-state index in [4.69, 9.17) is 32.4 Å². The summed E-state index contributed by atoms with van der Waals surface area (Å²) in [6.07, 6.45) is 0. The molecule has 1 heterocycles. The maximum atomic E-state index is 11.4. The minimum atomic E-state index is -0.453. The summed E-state index contributed by atoms with van der Waals surface area (Å²) in [5, 5.41) is 1.32. The van der Waals surface area contributed by atoms with Crippen LogP contribution in [0.5, 0.6) is 5.75 Å². The van der Waals surface area contributed by atoms with Crippen LogP contribution in [0.25, 0.3) is 11.0 Å². The molecular weight excluding hydrogens is 287 g/mol. The summed E-state index contributed by atoms with van der Waals surface area (Å²) in [6, 6.07) is 3.10. The summed E-state index contributed by atoms with van der Waals surface area (Å²) in [7, 11) is 0. The van der Waals surface area contributed by atoms with E-state index < -0.39 is 11.2 Å². The Morgan fingerprint density at radius 3 is 2.42 bits per heavy atom. The maximum Gasteiger partial charge on any atom is 0.336 e. The molecule has 0 saturated heterocycles. The van der Waals surface area contributed by atoms with Gasteiger partial charge >= 0.3 is 5.63 Å². The lowest BCUT2D eigenvalue weighted by Gasteiger charge is -2.23. The van der Waals surface area contributed by atoms with Crippen molar-refractivity contribution in [2.24, 2.45) is 0 Å². The topological polar surface area (TPSA) is 39.4 Å². The fourth-order valence-electron chi connectivity index (χ4n) is 1.76. The summed E-state index contributed by atoms with van der Waals surface area (Å²) < 4.78 is 10.9. The smallest absolute Gasteiger partial charge is 0.336 e. The van der Waals surface area contributed by atoms with Crippen molar-refractivity contribution in [3.05, 3.63) is 38.2 Å². The first-order valence-electron chi connectivity index (χ1n) is 5.80. The van der Waals surface area contributed by atoms with Crippen LogP contribution < -0.4 is 10.4 Å². The third-order valence-corrected chi connectivity index (χ3v) is 3.13. The highest BCUT2D eigenvalue weighted by atomic mass is 35.5. The first-order valence-corrected chi connectivity index (χ1v) is 6.56. The molecule has 0 atom stereocenters. The van der Waals surface area contributed by atoms with Crippen LogP contribution in [0.2, 0.25) is 10.0 Å². The summed E-state index contributed by atoms with van der Waals surface area (Å²) in [5.74, 6) is 0.331. The van der Waals surface area contributed by atoms with Crippen LogP contribution in [-0.4, -0.2) is 5.60 Å². The van der Waals surface area contributed by atoms with Gasteiger partial charge in [0.25, 0.3) is 0 Å². The monoisotopic (exact) mass is 300 g/mol. The predicted octanol–water partition coefficient (Wildman–Crippen LogP) is 4.59. The molecule has 0 N–H and O–H groups in total. The minimum absolute atomic E-state index is 0.221. The summed E-state index contributed by atoms with van der Waals surface area (Å²) >= 11 is 12.5. The Morgan fingerprint density at radius 1 is 1.21 bits per heavy atom. The molecule has 102 valence electrons. The van der Waals surface area contributed by atoms with E-state index in [1.807, 2.05) is 20.8 Å². The number of benzene rings is 1. The average molecular weight is 301 g/mol. The molecule has 0 bridgehead atoms. The standard InChI is InChI=1S/C14H14Cl2O3/c1-7-5-10(17)18-12-8(7)6-9(15)13(11(12)16)19-14(2,3)4/h5-6H,1-4H3. The zero-order chi connectivity index (χ0) is 14.4. The minimum Gasteiger partial charge on any atom is -0.485 e. The zero-order valence-electron chi connectivity index (χ0n) is 11.1. The van der Waals surface area contributed by atoms with Crippen LogP contribution in [0.4, 0.5) is 0 Å². The van der Waals surface area contributed by atoms with Crippen LogP contribution in [-0.2, 0) is 0 Å². The molecule has 3 nitrogen and oxygen atoms in total. The van der Waals surface area contributed by atoms with Crippen molar-refractivity contribution in [3.63, 3.8) is 0 Å². The summed E-state index contributed by atoms with van der Waals surface area (Å²) in [5.41, 5.74) is 0.161. The number of halogens is 2. The quantitative estimate of drug-likeness (QED) is 0.723. The van der Waals surface area contributed by atoms with Gasteiger partial charge in [0.15, 0.2) is 11.3 Å². The summed E-state index contributed by atoms with van der Waals surface area (Å²) in [6.45, 7) is 7.46. The van der Waals surface area contributed by atoms with Gasteiger partial charge in [-0.15, -0.1) is 0 Å². The van der Waals surface area contributed by atoms with Gasteiger partial charge in [-0.05, 0) is 39.3 Å². The zero-order valence-corrected chi connectivity index (χ0v) is 12.6. The van der Waals surface area contributed by atoms with E-state index in [0.29, 0.717) is 21.7 Å². The molecule has 0 fully saturated rings. The van der Waals surface area contributed by atoms with E-state index in [2.05, 4.69) is 0 Å². The van der Waals surface area contributed by atoms with Crippen molar-refractivity contribution in [1.29, 1.82) is 0 Å². The first-order chi connectivity index (χ1) is 8.69. The Balaban J connectivity index is 2.78. The first kappa shape index (κ1) is 14.2. The Bertz CT molecular complexity index is 696. The van der Waals surface area contributed by atoms with Crippen LogP contribution in [0.3, 0.4) is 0 Å². The maximum absolute atomic E-state index is 11.4. The van der Waals surface area contributed by atoms with Crippen LogP contribution in [0.15, 0.2) is 21.3 Å². The molecule has 0 radical (unpaired) electrons. The van der Waals surface area contributed by atoms with Crippen molar-refractivity contribution in [1.82, 2.24) is 0 Å². The van der Waals surface area contributed by atoms with E-state index in [1.165, 1.54) is 6.07 Å². The largest absolute Gasteiger partial charge is 0.485 e. The highest BCUT2D eigenvalue weighted by molar-refractivity contribution is 6.40. The Hall–Kier alpha value is -1.19. The highest BCUT2D eigenvalue weighted by Gasteiger charge is 2.21. The molecule has 2 rings (SSSR count). The van der Waals surface area contributed by atoms with Gasteiger partial charge in [-0.2, -0.15) is 0 Å². The second kappa shape index (κ2) is 4.73. The number of ether oxygens (including phenoxy) is 1. The highest BCUT2D eigenvalue weighted by Crippen LogP contribution is 2.41. The fourth-order valence-corrected chi connectivity index (χ4v) is 2.33.